The molecule has 2 aromatic carbocycles. The van der Waals surface area contributed by atoms with Gasteiger partial charge in [0.2, 0.25) is 0 Å². The molecule has 0 radical (unpaired) electrons. The molecule has 19 heavy (non-hydrogen) atoms. The second-order valence-corrected chi connectivity index (χ2v) is 5.20. The van der Waals surface area contributed by atoms with Gasteiger partial charge in [-0.25, -0.2) is 8.78 Å². The Morgan fingerprint density at radius 1 is 1.11 bits per heavy atom. The maximum Gasteiger partial charge on any atom is 0.255 e. The monoisotopic (exact) mass is 373 g/mol. The van der Waals surface area contributed by atoms with Crippen molar-refractivity contribution in [3.63, 3.8) is 0 Å². The number of amides is 1. The predicted molar refractivity (Wildman–Crippen MR) is 78.2 cm³/mol. The fourth-order valence-electron chi connectivity index (χ4n) is 1.66. The first-order valence-corrected chi connectivity index (χ1v) is 6.58. The second-order valence-electron chi connectivity index (χ2n) is 4.04. The highest BCUT2D eigenvalue weighted by atomic mass is 127. The minimum Gasteiger partial charge on any atom is -0.321 e. The van der Waals surface area contributed by atoms with Gasteiger partial charge in [0.15, 0.2) is 0 Å². The van der Waals surface area contributed by atoms with E-state index in [1.807, 2.05) is 22.6 Å². The maximum absolute atomic E-state index is 13.0. The van der Waals surface area contributed by atoms with E-state index >= 15 is 0 Å². The first kappa shape index (κ1) is 13.9. The Balaban J connectivity index is 2.25. The summed E-state index contributed by atoms with van der Waals surface area (Å²) in [6.45, 7) is 1.66. The number of hydrogen-bond acceptors (Lipinski definition) is 1. The van der Waals surface area contributed by atoms with E-state index in [1.165, 1.54) is 36.4 Å². The average molecular weight is 373 g/mol. The quantitative estimate of drug-likeness (QED) is 0.789. The van der Waals surface area contributed by atoms with Crippen LogP contribution in [0.3, 0.4) is 0 Å². The van der Waals surface area contributed by atoms with Crippen LogP contribution in [0.25, 0.3) is 0 Å². The van der Waals surface area contributed by atoms with E-state index in [9.17, 15) is 13.6 Å². The molecule has 0 heterocycles. The summed E-state index contributed by atoms with van der Waals surface area (Å²) in [7, 11) is 0. The number of aryl methyl sites for hydroxylation is 1. The normalized spacial score (nSPS) is 10.3. The molecule has 0 fully saturated rings. The van der Waals surface area contributed by atoms with Crippen LogP contribution in [0.15, 0.2) is 36.4 Å². The van der Waals surface area contributed by atoms with Gasteiger partial charge in [-0.15, -0.1) is 0 Å². The highest BCUT2D eigenvalue weighted by Crippen LogP contribution is 2.20. The topological polar surface area (TPSA) is 29.1 Å². The summed E-state index contributed by atoms with van der Waals surface area (Å²) in [5.41, 5.74) is 1.46. The molecule has 0 bridgehead atoms. The van der Waals surface area contributed by atoms with Gasteiger partial charge in [-0.3, -0.25) is 4.79 Å². The third kappa shape index (κ3) is 3.28. The van der Waals surface area contributed by atoms with Crippen LogP contribution in [0.1, 0.15) is 15.9 Å². The molecule has 2 nitrogen and oxygen atoms in total. The lowest BCUT2D eigenvalue weighted by molar-refractivity contribution is 0.102. The van der Waals surface area contributed by atoms with Gasteiger partial charge in [0.05, 0.1) is 5.69 Å². The van der Waals surface area contributed by atoms with Gasteiger partial charge in [-0.1, -0.05) is 0 Å². The number of nitrogens with one attached hydrogen (secondary N) is 1. The van der Waals surface area contributed by atoms with E-state index in [2.05, 4.69) is 5.32 Å². The molecule has 1 N–H and O–H groups in total. The average Bonchev–Trinajstić information content (AvgIpc) is 2.32. The van der Waals surface area contributed by atoms with Crippen molar-refractivity contribution >= 4 is 34.2 Å². The molecule has 0 unspecified atom stereocenters. The first-order valence-electron chi connectivity index (χ1n) is 5.50. The van der Waals surface area contributed by atoms with Gasteiger partial charge >= 0.3 is 0 Å². The molecular formula is C14H10F2INO. The summed E-state index contributed by atoms with van der Waals surface area (Å²) in [5, 5.41) is 2.68. The fourth-order valence-corrected chi connectivity index (χ4v) is 2.27. The molecule has 5 heteroatoms. The Labute approximate surface area is 123 Å². The number of carbonyl (C=O) groups is 1. The molecule has 0 atom stereocenters. The van der Waals surface area contributed by atoms with Gasteiger partial charge in [0.1, 0.15) is 11.6 Å². The minimum absolute atomic E-state index is 0.345. The van der Waals surface area contributed by atoms with E-state index in [0.717, 1.165) is 0 Å². The van der Waals surface area contributed by atoms with Crippen molar-refractivity contribution in [1.29, 1.82) is 0 Å². The predicted octanol–water partition coefficient (Wildman–Crippen LogP) is 4.13. The summed E-state index contributed by atoms with van der Waals surface area (Å²) < 4.78 is 26.5. The van der Waals surface area contributed by atoms with Gasteiger partial charge in [-0.05, 0) is 71.5 Å². The van der Waals surface area contributed by atoms with Crippen LogP contribution in [-0.2, 0) is 0 Å². The fraction of sp³-hybridized carbons (Fsp3) is 0.0714. The molecular weight excluding hydrogens is 363 g/mol. The zero-order valence-electron chi connectivity index (χ0n) is 10.0. The lowest BCUT2D eigenvalue weighted by Gasteiger charge is -2.09. The summed E-state index contributed by atoms with van der Waals surface area (Å²) in [4.78, 5) is 12.1. The van der Waals surface area contributed by atoms with Crippen molar-refractivity contribution < 1.29 is 13.6 Å². The first-order chi connectivity index (χ1) is 8.97. The Morgan fingerprint density at radius 2 is 1.74 bits per heavy atom. The molecule has 0 spiro atoms. The Bertz CT molecular complexity index is 643. The Kier molecular flexibility index (Phi) is 4.14. The van der Waals surface area contributed by atoms with Crippen LogP contribution in [0.2, 0.25) is 0 Å². The SMILES string of the molecule is Cc1cc(F)ccc1C(=O)Nc1ccc(F)cc1I. The van der Waals surface area contributed by atoms with E-state index in [-0.39, 0.29) is 17.5 Å². The van der Waals surface area contributed by atoms with Crippen LogP contribution in [0, 0.1) is 22.1 Å². The van der Waals surface area contributed by atoms with Gasteiger partial charge in [-0.2, -0.15) is 0 Å². The lowest BCUT2D eigenvalue weighted by Crippen LogP contribution is -2.14. The van der Waals surface area contributed by atoms with Crippen LogP contribution >= 0.6 is 22.6 Å². The zero-order valence-corrected chi connectivity index (χ0v) is 12.2. The summed E-state index contributed by atoms with van der Waals surface area (Å²) in [6.07, 6.45) is 0. The van der Waals surface area contributed by atoms with Crippen molar-refractivity contribution in [2.75, 3.05) is 5.32 Å². The molecule has 98 valence electrons. The largest absolute Gasteiger partial charge is 0.321 e. The van der Waals surface area contributed by atoms with Gasteiger partial charge in [0.25, 0.3) is 5.91 Å². The van der Waals surface area contributed by atoms with Crippen LogP contribution in [-0.4, -0.2) is 5.91 Å². The van der Waals surface area contributed by atoms with E-state index in [1.54, 1.807) is 6.92 Å². The molecule has 0 aromatic heterocycles. The number of anilines is 1. The maximum atomic E-state index is 13.0. The number of hydrogen-bond donors (Lipinski definition) is 1. The molecule has 0 saturated heterocycles. The molecule has 1 amide bonds. The highest BCUT2D eigenvalue weighted by Gasteiger charge is 2.11. The molecule has 0 aliphatic rings. The number of halogens is 3. The molecule has 0 aliphatic carbocycles. The zero-order chi connectivity index (χ0) is 14.0. The molecule has 2 rings (SSSR count). The smallest absolute Gasteiger partial charge is 0.255 e. The van der Waals surface area contributed by atoms with E-state index in [0.29, 0.717) is 20.4 Å². The third-order valence-corrected chi connectivity index (χ3v) is 3.50. The third-order valence-electron chi connectivity index (χ3n) is 2.61. The molecule has 2 aromatic rings. The number of rotatable bonds is 2. The van der Waals surface area contributed by atoms with Crippen molar-refractivity contribution in [2.24, 2.45) is 0 Å². The van der Waals surface area contributed by atoms with Crippen molar-refractivity contribution in [3.05, 3.63) is 62.7 Å². The summed E-state index contributed by atoms with van der Waals surface area (Å²) in [6, 6.07) is 8.05. The lowest BCUT2D eigenvalue weighted by atomic mass is 10.1. The van der Waals surface area contributed by atoms with E-state index < -0.39 is 0 Å². The van der Waals surface area contributed by atoms with Gasteiger partial charge in [0, 0.05) is 9.13 Å². The van der Waals surface area contributed by atoms with E-state index in [4.69, 9.17) is 0 Å². The van der Waals surface area contributed by atoms with Crippen LogP contribution in [0.5, 0.6) is 0 Å². The van der Waals surface area contributed by atoms with Crippen LogP contribution < -0.4 is 5.32 Å². The summed E-state index contributed by atoms with van der Waals surface area (Å²) >= 11 is 1.94. The number of benzene rings is 2. The summed E-state index contributed by atoms with van der Waals surface area (Å²) in [5.74, 6) is -1.09. The molecule has 0 saturated carbocycles. The molecule has 0 aliphatic heterocycles. The standard InChI is InChI=1S/C14H10F2INO/c1-8-6-9(15)2-4-11(8)14(19)18-13-5-3-10(16)7-12(13)17/h2-7H,1H3,(H,18,19). The van der Waals surface area contributed by atoms with Crippen LogP contribution in [0.4, 0.5) is 14.5 Å². The Hall–Kier alpha value is -1.50. The Morgan fingerprint density at radius 3 is 2.37 bits per heavy atom. The van der Waals surface area contributed by atoms with Gasteiger partial charge < -0.3 is 5.32 Å². The highest BCUT2D eigenvalue weighted by molar-refractivity contribution is 14.1. The van der Waals surface area contributed by atoms with Crippen molar-refractivity contribution in [1.82, 2.24) is 0 Å². The van der Waals surface area contributed by atoms with Crippen molar-refractivity contribution in [3.8, 4) is 0 Å². The second kappa shape index (κ2) is 5.64. The van der Waals surface area contributed by atoms with Crippen molar-refractivity contribution in [2.45, 2.75) is 6.92 Å². The minimum atomic E-state index is -0.384. The number of carbonyl (C=O) groups excluding carboxylic acids is 1.